The molecule has 0 amide bonds. The minimum Gasteiger partial charge on any atom is -0.236 e. The van der Waals surface area contributed by atoms with Crippen molar-refractivity contribution in [2.45, 2.75) is 187 Å². The fourth-order valence-electron chi connectivity index (χ4n) is 7.79. The molecule has 0 atom stereocenters. The standard InChI is InChI=1S/C19H26N2.C18H22N2.C18H24N2.3CH4/c1-12(2)17-13(3)20-18(21-14(17)4)15-8-10-16(11-9-15)19(5,6)7;1-12(2)16-11-19-17(20-13(16)3)14-5-7-15(8-6-14)18(4)9-10-18;1-12(2)16-11-19-17(20-13(16)3)14-7-9-15(10-8-14)18(4,5)6;;;/h8-12H,1-7H3;5-8,11-12H,9-10H2,1-4H3;7-12H,1-6H3;3*1H4. The zero-order valence-corrected chi connectivity index (χ0v) is 40.4. The van der Waals surface area contributed by atoms with E-state index in [2.05, 4.69) is 210 Å². The summed E-state index contributed by atoms with van der Waals surface area (Å²) in [6.45, 7) is 37.0. The van der Waals surface area contributed by atoms with Crippen molar-refractivity contribution < 1.29 is 0 Å². The van der Waals surface area contributed by atoms with Gasteiger partial charge in [-0.15, -0.1) is 0 Å². The van der Waals surface area contributed by atoms with E-state index in [4.69, 9.17) is 9.97 Å². The molecule has 0 bridgehead atoms. The van der Waals surface area contributed by atoms with E-state index < -0.39 is 0 Å². The predicted octanol–water partition coefficient (Wildman–Crippen LogP) is 16.6. The fourth-order valence-corrected chi connectivity index (χ4v) is 7.79. The molecule has 0 saturated heterocycles. The minimum absolute atomic E-state index is 0. The third-order valence-corrected chi connectivity index (χ3v) is 12.0. The summed E-state index contributed by atoms with van der Waals surface area (Å²) in [5.41, 5.74) is 16.2. The average molecular weight is 865 g/mol. The SMILES string of the molecule is C.C.C.Cc1nc(-c2ccc(C(C)(C)C)cc2)nc(C)c1C(C)C.Cc1nc(-c2ccc(C(C)(C)C)cc2)ncc1C(C)C.Cc1nc(-c2ccc(C3(C)CC3)cc2)ncc1C(C)C. The van der Waals surface area contributed by atoms with Crippen molar-refractivity contribution >= 4 is 0 Å². The third kappa shape index (κ3) is 13.7. The van der Waals surface area contributed by atoms with Gasteiger partial charge >= 0.3 is 0 Å². The second kappa shape index (κ2) is 22.2. The summed E-state index contributed by atoms with van der Waals surface area (Å²) in [7, 11) is 0. The first-order valence-corrected chi connectivity index (χ1v) is 22.3. The molecule has 0 N–H and O–H groups in total. The van der Waals surface area contributed by atoms with Crippen LogP contribution in [0.4, 0.5) is 0 Å². The Morgan fingerprint density at radius 2 is 0.750 bits per heavy atom. The summed E-state index contributed by atoms with van der Waals surface area (Å²) < 4.78 is 0. The van der Waals surface area contributed by atoms with Crippen LogP contribution in [0.3, 0.4) is 0 Å². The molecule has 6 nitrogen and oxygen atoms in total. The number of aryl methyl sites for hydroxylation is 4. The van der Waals surface area contributed by atoms with Gasteiger partial charge in [-0.25, -0.2) is 29.9 Å². The van der Waals surface area contributed by atoms with E-state index in [0.29, 0.717) is 23.2 Å². The maximum absolute atomic E-state index is 4.71. The molecule has 3 aromatic heterocycles. The van der Waals surface area contributed by atoms with Crippen molar-refractivity contribution in [3.63, 3.8) is 0 Å². The van der Waals surface area contributed by atoms with Crippen LogP contribution < -0.4 is 0 Å². The Kier molecular flexibility index (Phi) is 19.1. The Labute approximate surface area is 390 Å². The molecule has 1 saturated carbocycles. The Morgan fingerprint density at radius 3 is 1.03 bits per heavy atom. The normalized spacial score (nSPS) is 12.8. The number of benzene rings is 3. The zero-order chi connectivity index (χ0) is 45.0. The van der Waals surface area contributed by atoms with E-state index in [1.807, 2.05) is 12.4 Å². The van der Waals surface area contributed by atoms with Crippen molar-refractivity contribution in [2.75, 3.05) is 0 Å². The van der Waals surface area contributed by atoms with Crippen molar-refractivity contribution in [1.29, 1.82) is 0 Å². The molecule has 0 unspecified atom stereocenters. The molecule has 1 aliphatic rings. The lowest BCUT2D eigenvalue weighted by molar-refractivity contribution is 0.590. The van der Waals surface area contributed by atoms with Gasteiger partial charge in [-0.1, -0.05) is 185 Å². The summed E-state index contributed by atoms with van der Waals surface area (Å²) in [4.78, 5) is 27.8. The van der Waals surface area contributed by atoms with Crippen molar-refractivity contribution in [3.05, 3.63) is 141 Å². The lowest BCUT2D eigenvalue weighted by atomic mass is 9.86. The smallest absolute Gasteiger partial charge is 0.159 e. The predicted molar refractivity (Wildman–Crippen MR) is 278 cm³/mol. The molecule has 3 heterocycles. The van der Waals surface area contributed by atoms with Gasteiger partial charge in [0.1, 0.15) is 0 Å². The van der Waals surface area contributed by atoms with Crippen LogP contribution in [0.1, 0.15) is 199 Å². The number of aromatic nitrogens is 6. The van der Waals surface area contributed by atoms with Crippen molar-refractivity contribution in [2.24, 2.45) is 0 Å². The maximum atomic E-state index is 4.71. The number of hydrogen-bond acceptors (Lipinski definition) is 6. The third-order valence-electron chi connectivity index (χ3n) is 12.0. The highest BCUT2D eigenvalue weighted by Gasteiger charge is 2.38. The quantitative estimate of drug-likeness (QED) is 0.159. The first-order chi connectivity index (χ1) is 28.5. The van der Waals surface area contributed by atoms with E-state index in [1.165, 1.54) is 46.2 Å². The minimum atomic E-state index is 0. The second-order valence-corrected chi connectivity index (χ2v) is 20.4. The molecule has 0 radical (unpaired) electrons. The number of hydrogen-bond donors (Lipinski definition) is 0. The van der Waals surface area contributed by atoms with Gasteiger partial charge < -0.3 is 0 Å². The van der Waals surface area contributed by atoms with E-state index in [-0.39, 0.29) is 33.1 Å². The topological polar surface area (TPSA) is 77.3 Å². The van der Waals surface area contributed by atoms with Gasteiger partial charge in [0.05, 0.1) is 0 Å². The first-order valence-electron chi connectivity index (χ1n) is 22.3. The molecule has 0 spiro atoms. The Morgan fingerprint density at radius 1 is 0.438 bits per heavy atom. The molecule has 346 valence electrons. The maximum Gasteiger partial charge on any atom is 0.159 e. The fraction of sp³-hybridized carbons (Fsp3) is 0.483. The van der Waals surface area contributed by atoms with Crippen LogP contribution in [0.2, 0.25) is 0 Å². The van der Waals surface area contributed by atoms with Gasteiger partial charge in [0.25, 0.3) is 0 Å². The average Bonchev–Trinajstić information content (AvgIpc) is 3.95. The van der Waals surface area contributed by atoms with Crippen molar-refractivity contribution in [1.82, 2.24) is 29.9 Å². The van der Waals surface area contributed by atoms with Gasteiger partial charge in [0.15, 0.2) is 17.5 Å². The Bertz CT molecular complexity index is 2260. The lowest BCUT2D eigenvalue weighted by Gasteiger charge is -2.19. The van der Waals surface area contributed by atoms with Crippen molar-refractivity contribution in [3.8, 4) is 34.2 Å². The largest absolute Gasteiger partial charge is 0.236 e. The molecule has 3 aromatic carbocycles. The van der Waals surface area contributed by atoms with Crippen LogP contribution in [0.5, 0.6) is 0 Å². The summed E-state index contributed by atoms with van der Waals surface area (Å²) in [5.74, 6) is 3.87. The first kappa shape index (κ1) is 55.0. The highest BCUT2D eigenvalue weighted by molar-refractivity contribution is 5.58. The van der Waals surface area contributed by atoms with Gasteiger partial charge in [0, 0.05) is 51.9 Å². The van der Waals surface area contributed by atoms with E-state index in [1.54, 1.807) is 0 Å². The molecule has 1 fully saturated rings. The van der Waals surface area contributed by atoms with Crippen LogP contribution in [0.15, 0.2) is 85.2 Å². The second-order valence-electron chi connectivity index (χ2n) is 20.4. The molecular formula is C58H84N6. The number of nitrogens with zero attached hydrogens (tertiary/aromatic N) is 6. The lowest BCUT2D eigenvalue weighted by Crippen LogP contribution is -2.10. The van der Waals surface area contributed by atoms with Gasteiger partial charge in [-0.05, 0) is 108 Å². The van der Waals surface area contributed by atoms with Gasteiger partial charge in [-0.2, -0.15) is 0 Å². The van der Waals surface area contributed by atoms with Gasteiger partial charge in [0.2, 0.25) is 0 Å². The summed E-state index contributed by atoms with van der Waals surface area (Å²) in [6.07, 6.45) is 6.55. The molecule has 1 aliphatic carbocycles. The van der Waals surface area contributed by atoms with Crippen LogP contribution in [0.25, 0.3) is 34.2 Å². The van der Waals surface area contributed by atoms with Gasteiger partial charge in [-0.3, -0.25) is 0 Å². The summed E-state index contributed by atoms with van der Waals surface area (Å²) >= 11 is 0. The molecule has 0 aliphatic heterocycles. The summed E-state index contributed by atoms with van der Waals surface area (Å²) in [5, 5.41) is 0. The Balaban J connectivity index is 0.000000323. The molecular weight excluding hydrogens is 781 g/mol. The van der Waals surface area contributed by atoms with E-state index in [0.717, 1.165) is 56.9 Å². The molecule has 7 rings (SSSR count). The summed E-state index contributed by atoms with van der Waals surface area (Å²) in [6, 6.07) is 26.0. The highest BCUT2D eigenvalue weighted by Crippen LogP contribution is 2.47. The van der Waals surface area contributed by atoms with Crippen LogP contribution in [0, 0.1) is 27.7 Å². The van der Waals surface area contributed by atoms with E-state index >= 15 is 0 Å². The highest BCUT2D eigenvalue weighted by atomic mass is 14.9. The molecule has 6 heteroatoms. The van der Waals surface area contributed by atoms with Crippen LogP contribution >= 0.6 is 0 Å². The Hall–Kier alpha value is -5.10. The molecule has 64 heavy (non-hydrogen) atoms. The van der Waals surface area contributed by atoms with E-state index in [9.17, 15) is 0 Å². The van der Waals surface area contributed by atoms with Crippen LogP contribution in [-0.4, -0.2) is 29.9 Å². The molecule has 6 aromatic rings. The van der Waals surface area contributed by atoms with Crippen LogP contribution in [-0.2, 0) is 16.2 Å². The zero-order valence-electron chi connectivity index (χ0n) is 40.4. The monoisotopic (exact) mass is 865 g/mol. The number of rotatable bonds is 7.